The summed E-state index contributed by atoms with van der Waals surface area (Å²) in [4.78, 5) is 6.32. The lowest BCUT2D eigenvalue weighted by atomic mass is 9.93. The average Bonchev–Trinajstić information content (AvgIpc) is 2.45. The topological polar surface area (TPSA) is 86.2 Å². The molecular formula is C14H22N4O. The SMILES string of the molecule is N=C(N)c1ccncc1N(CCO)C1CCCCC1. The maximum absolute atomic E-state index is 9.31. The van der Waals surface area contributed by atoms with E-state index in [0.29, 0.717) is 18.2 Å². The molecule has 1 saturated carbocycles. The molecular weight excluding hydrogens is 240 g/mol. The number of rotatable bonds is 5. The van der Waals surface area contributed by atoms with Gasteiger partial charge in [0.05, 0.1) is 18.5 Å². The number of pyridine rings is 1. The summed E-state index contributed by atoms with van der Waals surface area (Å²) < 4.78 is 0. The van der Waals surface area contributed by atoms with E-state index >= 15 is 0 Å². The summed E-state index contributed by atoms with van der Waals surface area (Å²) in [5.41, 5.74) is 7.22. The zero-order valence-electron chi connectivity index (χ0n) is 11.2. The predicted molar refractivity (Wildman–Crippen MR) is 76.6 cm³/mol. The van der Waals surface area contributed by atoms with E-state index in [1.165, 1.54) is 19.3 Å². The third-order valence-electron chi connectivity index (χ3n) is 3.76. The number of aliphatic hydroxyl groups excluding tert-OH is 1. The second kappa shape index (κ2) is 6.52. The van der Waals surface area contributed by atoms with Crippen molar-refractivity contribution in [1.82, 2.24) is 4.98 Å². The molecule has 0 spiro atoms. The third-order valence-corrected chi connectivity index (χ3v) is 3.76. The Balaban J connectivity index is 2.29. The molecule has 0 bridgehead atoms. The van der Waals surface area contributed by atoms with Gasteiger partial charge >= 0.3 is 0 Å². The van der Waals surface area contributed by atoms with E-state index in [4.69, 9.17) is 11.1 Å². The molecule has 1 fully saturated rings. The molecule has 1 aliphatic rings. The van der Waals surface area contributed by atoms with E-state index in [0.717, 1.165) is 18.5 Å². The molecule has 104 valence electrons. The monoisotopic (exact) mass is 262 g/mol. The first-order valence-corrected chi connectivity index (χ1v) is 6.90. The maximum Gasteiger partial charge on any atom is 0.125 e. The molecule has 4 N–H and O–H groups in total. The maximum atomic E-state index is 9.31. The fraction of sp³-hybridized carbons (Fsp3) is 0.571. The molecule has 0 amide bonds. The van der Waals surface area contributed by atoms with Crippen LogP contribution in [0, 0.1) is 5.41 Å². The summed E-state index contributed by atoms with van der Waals surface area (Å²) in [7, 11) is 0. The van der Waals surface area contributed by atoms with Crippen LogP contribution in [0.15, 0.2) is 18.5 Å². The van der Waals surface area contributed by atoms with Crippen molar-refractivity contribution < 1.29 is 5.11 Å². The van der Waals surface area contributed by atoms with Gasteiger partial charge < -0.3 is 15.7 Å². The fourth-order valence-corrected chi connectivity index (χ4v) is 2.84. The van der Waals surface area contributed by atoms with E-state index < -0.39 is 0 Å². The van der Waals surface area contributed by atoms with Crippen molar-refractivity contribution in [3.8, 4) is 0 Å². The van der Waals surface area contributed by atoms with Crippen molar-refractivity contribution >= 4 is 11.5 Å². The number of amidine groups is 1. The average molecular weight is 262 g/mol. The van der Waals surface area contributed by atoms with E-state index in [2.05, 4.69) is 9.88 Å². The molecule has 1 aromatic heterocycles. The highest BCUT2D eigenvalue weighted by Gasteiger charge is 2.23. The summed E-state index contributed by atoms with van der Waals surface area (Å²) in [5, 5.41) is 17.0. The quantitative estimate of drug-likeness (QED) is 0.554. The van der Waals surface area contributed by atoms with Crippen LogP contribution in [0.4, 0.5) is 5.69 Å². The molecule has 19 heavy (non-hydrogen) atoms. The molecule has 0 atom stereocenters. The number of aliphatic hydroxyl groups is 1. The van der Waals surface area contributed by atoms with E-state index in [1.807, 2.05) is 0 Å². The molecule has 1 aliphatic carbocycles. The second-order valence-electron chi connectivity index (χ2n) is 5.02. The van der Waals surface area contributed by atoms with Gasteiger partial charge in [-0.2, -0.15) is 0 Å². The van der Waals surface area contributed by atoms with Crippen LogP contribution in [0.1, 0.15) is 37.7 Å². The minimum atomic E-state index is 0.0520. The number of anilines is 1. The number of hydrogen-bond acceptors (Lipinski definition) is 4. The highest BCUT2D eigenvalue weighted by molar-refractivity contribution is 6.00. The van der Waals surface area contributed by atoms with Crippen LogP contribution in [0.3, 0.4) is 0 Å². The number of nitrogens with two attached hydrogens (primary N) is 1. The summed E-state index contributed by atoms with van der Waals surface area (Å²) >= 11 is 0. The van der Waals surface area contributed by atoms with Crippen molar-refractivity contribution in [2.75, 3.05) is 18.1 Å². The van der Waals surface area contributed by atoms with Crippen LogP contribution < -0.4 is 10.6 Å². The van der Waals surface area contributed by atoms with Crippen LogP contribution >= 0.6 is 0 Å². The lowest BCUT2D eigenvalue weighted by Gasteiger charge is -2.36. The van der Waals surface area contributed by atoms with Gasteiger partial charge in [-0.25, -0.2) is 0 Å². The number of aromatic nitrogens is 1. The molecule has 0 unspecified atom stereocenters. The Kier molecular flexibility index (Phi) is 4.74. The minimum absolute atomic E-state index is 0.0520. The highest BCUT2D eigenvalue weighted by Crippen LogP contribution is 2.28. The largest absolute Gasteiger partial charge is 0.395 e. The van der Waals surface area contributed by atoms with Gasteiger partial charge in [0, 0.05) is 24.3 Å². The van der Waals surface area contributed by atoms with Gasteiger partial charge in [0.25, 0.3) is 0 Å². The van der Waals surface area contributed by atoms with Gasteiger partial charge in [-0.3, -0.25) is 10.4 Å². The minimum Gasteiger partial charge on any atom is -0.395 e. The first-order valence-electron chi connectivity index (χ1n) is 6.90. The highest BCUT2D eigenvalue weighted by atomic mass is 16.3. The molecule has 2 rings (SSSR count). The molecule has 5 nitrogen and oxygen atoms in total. The first-order chi connectivity index (χ1) is 9.24. The number of nitrogen functional groups attached to an aromatic ring is 1. The van der Waals surface area contributed by atoms with E-state index in [-0.39, 0.29) is 12.4 Å². The summed E-state index contributed by atoms with van der Waals surface area (Å²) in [6, 6.07) is 2.19. The third kappa shape index (κ3) is 3.23. The van der Waals surface area contributed by atoms with Crippen LogP contribution in [0.25, 0.3) is 0 Å². The van der Waals surface area contributed by atoms with Gasteiger partial charge in [-0.1, -0.05) is 19.3 Å². The predicted octanol–water partition coefficient (Wildman–Crippen LogP) is 1.50. The zero-order valence-corrected chi connectivity index (χ0v) is 11.2. The Labute approximate surface area is 114 Å². The van der Waals surface area contributed by atoms with E-state index in [9.17, 15) is 5.11 Å². The van der Waals surface area contributed by atoms with Gasteiger partial charge in [-0.05, 0) is 18.9 Å². The van der Waals surface area contributed by atoms with E-state index in [1.54, 1.807) is 18.5 Å². The van der Waals surface area contributed by atoms with Crippen molar-refractivity contribution in [3.63, 3.8) is 0 Å². The van der Waals surface area contributed by atoms with Crippen molar-refractivity contribution in [1.29, 1.82) is 5.41 Å². The molecule has 0 saturated heterocycles. The Morgan fingerprint density at radius 1 is 1.42 bits per heavy atom. The molecule has 5 heteroatoms. The van der Waals surface area contributed by atoms with Crippen LogP contribution in [0.5, 0.6) is 0 Å². The lowest BCUT2D eigenvalue weighted by Crippen LogP contribution is -2.40. The molecule has 0 radical (unpaired) electrons. The fourth-order valence-electron chi connectivity index (χ4n) is 2.84. The normalized spacial score (nSPS) is 16.3. The van der Waals surface area contributed by atoms with Crippen LogP contribution in [0.2, 0.25) is 0 Å². The smallest absolute Gasteiger partial charge is 0.125 e. The van der Waals surface area contributed by atoms with Gasteiger partial charge in [0.1, 0.15) is 5.84 Å². The summed E-state index contributed by atoms with van der Waals surface area (Å²) in [5.74, 6) is 0.0520. The summed E-state index contributed by atoms with van der Waals surface area (Å²) in [6.45, 7) is 0.666. The number of hydrogen-bond donors (Lipinski definition) is 3. The molecule has 0 aliphatic heterocycles. The molecule has 1 heterocycles. The summed E-state index contributed by atoms with van der Waals surface area (Å²) in [6.07, 6.45) is 9.40. The Bertz CT molecular complexity index is 429. The van der Waals surface area contributed by atoms with Gasteiger partial charge in [0.15, 0.2) is 0 Å². The first kappa shape index (κ1) is 13.8. The second-order valence-corrected chi connectivity index (χ2v) is 5.02. The number of nitrogens with one attached hydrogen (secondary N) is 1. The van der Waals surface area contributed by atoms with Gasteiger partial charge in [-0.15, -0.1) is 0 Å². The Hall–Kier alpha value is -1.62. The van der Waals surface area contributed by atoms with Crippen molar-refractivity contribution in [2.24, 2.45) is 5.73 Å². The molecule has 0 aromatic carbocycles. The van der Waals surface area contributed by atoms with Crippen molar-refractivity contribution in [2.45, 2.75) is 38.1 Å². The van der Waals surface area contributed by atoms with Gasteiger partial charge in [0.2, 0.25) is 0 Å². The number of nitrogens with zero attached hydrogens (tertiary/aromatic N) is 2. The lowest BCUT2D eigenvalue weighted by molar-refractivity contribution is 0.290. The van der Waals surface area contributed by atoms with Crippen molar-refractivity contribution in [3.05, 3.63) is 24.0 Å². The Morgan fingerprint density at radius 3 is 2.79 bits per heavy atom. The van der Waals surface area contributed by atoms with Crippen LogP contribution in [-0.2, 0) is 0 Å². The molecule has 1 aromatic rings. The van der Waals surface area contributed by atoms with Crippen LogP contribution in [-0.4, -0.2) is 35.1 Å². The zero-order chi connectivity index (χ0) is 13.7. The Morgan fingerprint density at radius 2 is 2.16 bits per heavy atom. The standard InChI is InChI=1S/C14H22N4O/c15-14(16)12-6-7-17-10-13(12)18(8-9-19)11-4-2-1-3-5-11/h6-7,10-11,19H,1-5,8-9H2,(H3,15,16).